The van der Waals surface area contributed by atoms with Gasteiger partial charge in [-0.2, -0.15) is 12.6 Å². The highest BCUT2D eigenvalue weighted by Crippen LogP contribution is 2.32. The van der Waals surface area contributed by atoms with E-state index in [0.29, 0.717) is 5.75 Å². The lowest BCUT2D eigenvalue weighted by molar-refractivity contribution is -0.118. The molecule has 1 aromatic carbocycles. The van der Waals surface area contributed by atoms with Gasteiger partial charge in [0.1, 0.15) is 5.75 Å². The van der Waals surface area contributed by atoms with Gasteiger partial charge in [0, 0.05) is 0 Å². The summed E-state index contributed by atoms with van der Waals surface area (Å²) in [7, 11) is 3.90. The van der Waals surface area contributed by atoms with E-state index in [4.69, 9.17) is 4.74 Å². The minimum Gasteiger partial charge on any atom is -0.482 e. The van der Waals surface area contributed by atoms with Crippen molar-refractivity contribution < 1.29 is 9.53 Å². The van der Waals surface area contributed by atoms with Gasteiger partial charge in [-0.15, -0.1) is 0 Å². The molecule has 0 saturated carbocycles. The van der Waals surface area contributed by atoms with E-state index in [-0.39, 0.29) is 17.9 Å². The molecule has 16 heavy (non-hydrogen) atoms. The van der Waals surface area contributed by atoms with Gasteiger partial charge in [0.2, 0.25) is 0 Å². The standard InChI is InChI=1S/C11H14N2O2S/c1-13(2)11(16)7-3-4-9-8(5-7)12-10(14)6-15-9/h3-5,11,16H,6H2,1-2H3,(H,12,14). The van der Waals surface area contributed by atoms with Crippen molar-refractivity contribution in [2.75, 3.05) is 26.0 Å². The summed E-state index contributed by atoms with van der Waals surface area (Å²) in [6.45, 7) is 0.0876. The Balaban J connectivity index is 2.31. The van der Waals surface area contributed by atoms with Gasteiger partial charge in [-0.3, -0.25) is 9.69 Å². The van der Waals surface area contributed by atoms with Crippen molar-refractivity contribution >= 4 is 24.2 Å². The molecule has 2 rings (SSSR count). The fraction of sp³-hybridized carbons (Fsp3) is 0.364. The molecule has 1 heterocycles. The van der Waals surface area contributed by atoms with Crippen LogP contribution >= 0.6 is 12.6 Å². The number of rotatable bonds is 2. The summed E-state index contributed by atoms with van der Waals surface area (Å²) in [5, 5.41) is 2.78. The second kappa shape index (κ2) is 4.35. The molecule has 0 radical (unpaired) electrons. The third kappa shape index (κ3) is 2.15. The normalized spacial score (nSPS) is 16.4. The molecule has 0 bridgehead atoms. The van der Waals surface area contributed by atoms with Crippen LogP contribution in [0.15, 0.2) is 18.2 Å². The van der Waals surface area contributed by atoms with Gasteiger partial charge in [0.25, 0.3) is 5.91 Å². The van der Waals surface area contributed by atoms with Gasteiger partial charge in [-0.1, -0.05) is 6.07 Å². The van der Waals surface area contributed by atoms with E-state index in [0.717, 1.165) is 11.3 Å². The minimum absolute atomic E-state index is 0.00382. The first-order valence-corrected chi connectivity index (χ1v) is 5.50. The molecule has 1 atom stereocenters. The minimum atomic E-state index is -0.120. The number of anilines is 1. The van der Waals surface area contributed by atoms with E-state index in [2.05, 4.69) is 17.9 Å². The van der Waals surface area contributed by atoms with Crippen LogP contribution in [-0.4, -0.2) is 31.5 Å². The molecule has 4 nitrogen and oxygen atoms in total. The van der Waals surface area contributed by atoms with Crippen molar-refractivity contribution in [1.82, 2.24) is 4.90 Å². The molecule has 1 N–H and O–H groups in total. The van der Waals surface area contributed by atoms with Gasteiger partial charge < -0.3 is 10.1 Å². The zero-order valence-corrected chi connectivity index (χ0v) is 10.1. The molecule has 1 amide bonds. The number of thiol groups is 1. The Kier molecular flexibility index (Phi) is 3.07. The second-order valence-corrected chi connectivity index (χ2v) is 4.42. The zero-order chi connectivity index (χ0) is 11.7. The number of ether oxygens (including phenoxy) is 1. The Bertz CT molecular complexity index is 420. The van der Waals surface area contributed by atoms with Crippen LogP contribution in [0, 0.1) is 0 Å². The smallest absolute Gasteiger partial charge is 0.262 e. The Labute approximate surface area is 100.0 Å². The topological polar surface area (TPSA) is 41.6 Å². The Hall–Kier alpha value is -1.20. The number of carbonyl (C=O) groups excluding carboxylic acids is 1. The lowest BCUT2D eigenvalue weighted by Gasteiger charge is -2.23. The third-order valence-electron chi connectivity index (χ3n) is 2.42. The first-order valence-electron chi connectivity index (χ1n) is 4.99. The number of fused-ring (bicyclic) bond motifs is 1. The van der Waals surface area contributed by atoms with Crippen LogP contribution in [0.1, 0.15) is 10.9 Å². The molecule has 0 fully saturated rings. The summed E-state index contributed by atoms with van der Waals surface area (Å²) in [6, 6.07) is 5.70. The van der Waals surface area contributed by atoms with Crippen molar-refractivity contribution in [3.8, 4) is 5.75 Å². The molecular weight excluding hydrogens is 224 g/mol. The number of amides is 1. The van der Waals surface area contributed by atoms with Gasteiger partial charge in [0.15, 0.2) is 6.61 Å². The number of carbonyl (C=O) groups is 1. The summed E-state index contributed by atoms with van der Waals surface area (Å²) >= 11 is 4.48. The number of hydrogen-bond acceptors (Lipinski definition) is 4. The molecule has 5 heteroatoms. The van der Waals surface area contributed by atoms with Crippen molar-refractivity contribution in [3.63, 3.8) is 0 Å². The summed E-state index contributed by atoms with van der Waals surface area (Å²) in [6.07, 6.45) is 0. The largest absolute Gasteiger partial charge is 0.482 e. The fourth-order valence-electron chi connectivity index (χ4n) is 1.56. The lowest BCUT2D eigenvalue weighted by atomic mass is 10.1. The van der Waals surface area contributed by atoms with Crippen LogP contribution in [0.2, 0.25) is 0 Å². The molecule has 1 unspecified atom stereocenters. The number of benzene rings is 1. The maximum absolute atomic E-state index is 11.2. The van der Waals surface area contributed by atoms with Gasteiger partial charge >= 0.3 is 0 Å². The van der Waals surface area contributed by atoms with Crippen molar-refractivity contribution in [1.29, 1.82) is 0 Å². The summed E-state index contributed by atoms with van der Waals surface area (Å²) in [4.78, 5) is 13.2. The average Bonchev–Trinajstić information content (AvgIpc) is 2.26. The maximum atomic E-state index is 11.2. The Morgan fingerprint density at radius 3 is 2.94 bits per heavy atom. The highest BCUT2D eigenvalue weighted by molar-refractivity contribution is 7.80. The van der Waals surface area contributed by atoms with Crippen molar-refractivity contribution in [2.24, 2.45) is 0 Å². The SMILES string of the molecule is CN(C)C(S)c1ccc2c(c1)NC(=O)CO2. The molecule has 0 spiro atoms. The Morgan fingerprint density at radius 1 is 1.50 bits per heavy atom. The van der Waals surface area contributed by atoms with Crippen LogP contribution in [0.25, 0.3) is 0 Å². The molecule has 1 aliphatic rings. The predicted octanol–water partition coefficient (Wildman–Crippen LogP) is 1.51. The third-order valence-corrected chi connectivity index (χ3v) is 3.18. The van der Waals surface area contributed by atoms with E-state index in [9.17, 15) is 4.79 Å². The quantitative estimate of drug-likeness (QED) is 0.606. The van der Waals surface area contributed by atoms with E-state index in [1.54, 1.807) is 0 Å². The number of nitrogens with one attached hydrogen (secondary N) is 1. The molecule has 1 aliphatic heterocycles. The van der Waals surface area contributed by atoms with Crippen LogP contribution in [-0.2, 0) is 4.79 Å². The monoisotopic (exact) mass is 238 g/mol. The first kappa shape index (κ1) is 11.3. The second-order valence-electron chi connectivity index (χ2n) is 3.93. The zero-order valence-electron chi connectivity index (χ0n) is 9.23. The molecule has 0 aromatic heterocycles. The molecule has 0 aliphatic carbocycles. The van der Waals surface area contributed by atoms with Crippen LogP contribution in [0.5, 0.6) is 5.75 Å². The number of nitrogens with zero attached hydrogens (tertiary/aromatic N) is 1. The van der Waals surface area contributed by atoms with Crippen LogP contribution < -0.4 is 10.1 Å². The highest BCUT2D eigenvalue weighted by Gasteiger charge is 2.18. The van der Waals surface area contributed by atoms with E-state index >= 15 is 0 Å². The average molecular weight is 238 g/mol. The molecule has 1 aromatic rings. The van der Waals surface area contributed by atoms with Gasteiger partial charge in [-0.05, 0) is 31.8 Å². The predicted molar refractivity (Wildman–Crippen MR) is 66.0 cm³/mol. The van der Waals surface area contributed by atoms with Gasteiger partial charge in [-0.25, -0.2) is 0 Å². The first-order chi connectivity index (χ1) is 7.58. The van der Waals surface area contributed by atoms with Crippen molar-refractivity contribution in [3.05, 3.63) is 23.8 Å². The molecular formula is C11H14N2O2S. The van der Waals surface area contributed by atoms with Crippen LogP contribution in [0.4, 0.5) is 5.69 Å². The fourth-order valence-corrected chi connectivity index (χ4v) is 1.72. The molecule has 86 valence electrons. The summed E-state index contributed by atoms with van der Waals surface area (Å²) in [5.41, 5.74) is 1.74. The summed E-state index contributed by atoms with van der Waals surface area (Å²) in [5.74, 6) is 0.591. The van der Waals surface area contributed by atoms with E-state index in [1.807, 2.05) is 37.2 Å². The number of hydrogen-bond donors (Lipinski definition) is 2. The Morgan fingerprint density at radius 2 is 2.25 bits per heavy atom. The lowest BCUT2D eigenvalue weighted by Crippen LogP contribution is -2.25. The van der Waals surface area contributed by atoms with E-state index < -0.39 is 0 Å². The van der Waals surface area contributed by atoms with Crippen LogP contribution in [0.3, 0.4) is 0 Å². The molecule has 0 saturated heterocycles. The van der Waals surface area contributed by atoms with E-state index in [1.165, 1.54) is 0 Å². The maximum Gasteiger partial charge on any atom is 0.262 e. The van der Waals surface area contributed by atoms with Gasteiger partial charge in [0.05, 0.1) is 11.1 Å². The highest BCUT2D eigenvalue weighted by atomic mass is 32.1. The summed E-state index contributed by atoms with van der Waals surface area (Å²) < 4.78 is 5.28. The van der Waals surface area contributed by atoms with Crippen molar-refractivity contribution in [2.45, 2.75) is 5.37 Å².